The molecular weight excluding hydrogens is 302 g/mol. The Hall–Kier alpha value is -1.59. The number of likely N-dealkylation sites (tertiary alicyclic amines) is 1. The molecule has 122 valence electrons. The van der Waals surface area contributed by atoms with Crippen LogP contribution in [0, 0.1) is 5.92 Å². The topological polar surface area (TPSA) is 61.4 Å². The van der Waals surface area contributed by atoms with E-state index in [4.69, 9.17) is 0 Å². The van der Waals surface area contributed by atoms with Crippen LogP contribution in [0.15, 0.2) is 30.3 Å². The second kappa shape index (κ2) is 9.43. The number of piperidine rings is 1. The molecule has 1 saturated heterocycles. The molecular formula is C16H24ClN3O2. The fraction of sp³-hybridized carbons (Fsp3) is 0.500. The molecule has 5 nitrogen and oxygen atoms in total. The highest BCUT2D eigenvalue weighted by Gasteiger charge is 2.22. The van der Waals surface area contributed by atoms with Gasteiger partial charge in [0.05, 0.1) is 6.54 Å². The SMILES string of the molecule is CNCC1CCN(C(=O)CNC(=O)c2ccccc2)CC1.Cl. The average molecular weight is 326 g/mol. The molecule has 1 aromatic rings. The van der Waals surface area contributed by atoms with Crippen LogP contribution < -0.4 is 10.6 Å². The van der Waals surface area contributed by atoms with Crippen molar-refractivity contribution in [2.75, 3.05) is 33.2 Å². The third-order valence-electron chi connectivity index (χ3n) is 3.90. The van der Waals surface area contributed by atoms with Crippen molar-refractivity contribution in [3.05, 3.63) is 35.9 Å². The summed E-state index contributed by atoms with van der Waals surface area (Å²) in [7, 11) is 1.96. The zero-order valence-corrected chi connectivity index (χ0v) is 13.7. The fourth-order valence-corrected chi connectivity index (χ4v) is 2.63. The Morgan fingerprint density at radius 2 is 1.82 bits per heavy atom. The minimum atomic E-state index is -0.200. The molecule has 0 atom stereocenters. The summed E-state index contributed by atoms with van der Waals surface area (Å²) in [5, 5.41) is 5.87. The lowest BCUT2D eigenvalue weighted by Gasteiger charge is -2.32. The lowest BCUT2D eigenvalue weighted by molar-refractivity contribution is -0.131. The second-order valence-corrected chi connectivity index (χ2v) is 5.43. The number of carbonyl (C=O) groups excluding carboxylic acids is 2. The predicted octanol–water partition coefficient (Wildman–Crippen LogP) is 1.30. The Morgan fingerprint density at radius 1 is 1.18 bits per heavy atom. The van der Waals surface area contributed by atoms with Crippen LogP contribution in [0.4, 0.5) is 0 Å². The molecule has 2 rings (SSSR count). The maximum absolute atomic E-state index is 12.1. The van der Waals surface area contributed by atoms with Gasteiger partial charge in [-0.1, -0.05) is 18.2 Å². The molecule has 6 heteroatoms. The van der Waals surface area contributed by atoms with Crippen LogP contribution in [-0.2, 0) is 4.79 Å². The van der Waals surface area contributed by atoms with Gasteiger partial charge in [-0.2, -0.15) is 0 Å². The molecule has 0 saturated carbocycles. The van der Waals surface area contributed by atoms with Crippen molar-refractivity contribution in [1.29, 1.82) is 0 Å². The Morgan fingerprint density at radius 3 is 2.41 bits per heavy atom. The largest absolute Gasteiger partial charge is 0.343 e. The minimum Gasteiger partial charge on any atom is -0.343 e. The number of benzene rings is 1. The molecule has 2 N–H and O–H groups in total. The Balaban J connectivity index is 0.00000242. The lowest BCUT2D eigenvalue weighted by Crippen LogP contribution is -2.45. The number of carbonyl (C=O) groups is 2. The lowest BCUT2D eigenvalue weighted by atomic mass is 9.97. The van der Waals surface area contributed by atoms with Gasteiger partial charge >= 0.3 is 0 Å². The molecule has 2 amide bonds. The first-order chi connectivity index (χ1) is 10.2. The number of amides is 2. The van der Waals surface area contributed by atoms with Gasteiger partial charge in [0.2, 0.25) is 5.91 Å². The molecule has 0 aliphatic carbocycles. The quantitative estimate of drug-likeness (QED) is 0.857. The van der Waals surface area contributed by atoms with Crippen LogP contribution in [0.1, 0.15) is 23.2 Å². The van der Waals surface area contributed by atoms with Gasteiger partial charge in [-0.05, 0) is 44.5 Å². The van der Waals surface area contributed by atoms with E-state index in [-0.39, 0.29) is 30.8 Å². The highest BCUT2D eigenvalue weighted by Crippen LogP contribution is 2.16. The molecule has 1 aliphatic rings. The van der Waals surface area contributed by atoms with E-state index in [2.05, 4.69) is 10.6 Å². The highest BCUT2D eigenvalue weighted by molar-refractivity contribution is 5.96. The molecule has 22 heavy (non-hydrogen) atoms. The van der Waals surface area contributed by atoms with E-state index >= 15 is 0 Å². The monoisotopic (exact) mass is 325 g/mol. The summed E-state index contributed by atoms with van der Waals surface area (Å²) in [6.45, 7) is 2.65. The summed E-state index contributed by atoms with van der Waals surface area (Å²) in [5.74, 6) is 0.453. The van der Waals surface area contributed by atoms with Crippen molar-refractivity contribution in [3.63, 3.8) is 0 Å². The van der Waals surface area contributed by atoms with E-state index in [9.17, 15) is 9.59 Å². The number of nitrogens with one attached hydrogen (secondary N) is 2. The van der Waals surface area contributed by atoms with Crippen molar-refractivity contribution < 1.29 is 9.59 Å². The standard InChI is InChI=1S/C16H23N3O2.ClH/c1-17-11-13-7-9-19(10-8-13)15(20)12-18-16(21)14-5-3-2-4-6-14;/h2-6,13,17H,7-12H2,1H3,(H,18,21);1H. The van der Waals surface area contributed by atoms with Gasteiger partial charge in [-0.15, -0.1) is 12.4 Å². The molecule has 1 fully saturated rings. The highest BCUT2D eigenvalue weighted by atomic mass is 35.5. The zero-order valence-electron chi connectivity index (χ0n) is 12.9. The van der Waals surface area contributed by atoms with Crippen LogP contribution in [0.25, 0.3) is 0 Å². The smallest absolute Gasteiger partial charge is 0.251 e. The summed E-state index contributed by atoms with van der Waals surface area (Å²) in [6, 6.07) is 8.95. The van der Waals surface area contributed by atoms with E-state index in [0.29, 0.717) is 11.5 Å². The van der Waals surface area contributed by atoms with E-state index in [0.717, 1.165) is 32.5 Å². The number of nitrogens with zero attached hydrogens (tertiary/aromatic N) is 1. The first-order valence-electron chi connectivity index (χ1n) is 7.46. The third-order valence-corrected chi connectivity index (χ3v) is 3.90. The van der Waals surface area contributed by atoms with E-state index in [1.165, 1.54) is 0 Å². The van der Waals surface area contributed by atoms with E-state index in [1.54, 1.807) is 12.1 Å². The first-order valence-corrected chi connectivity index (χ1v) is 7.46. The molecule has 0 aromatic heterocycles. The number of halogens is 1. The summed E-state index contributed by atoms with van der Waals surface area (Å²) >= 11 is 0. The normalized spacial score (nSPS) is 15.0. The molecule has 1 aliphatic heterocycles. The Labute approximate surface area is 137 Å². The summed E-state index contributed by atoms with van der Waals surface area (Å²) in [4.78, 5) is 25.8. The minimum absolute atomic E-state index is 0. The first kappa shape index (κ1) is 18.5. The number of rotatable bonds is 5. The molecule has 0 bridgehead atoms. The van der Waals surface area contributed by atoms with Crippen molar-refractivity contribution in [3.8, 4) is 0 Å². The van der Waals surface area contributed by atoms with Gasteiger partial charge in [0.25, 0.3) is 5.91 Å². The van der Waals surface area contributed by atoms with Gasteiger partial charge in [0.1, 0.15) is 0 Å². The van der Waals surface area contributed by atoms with E-state index in [1.807, 2.05) is 30.1 Å². The van der Waals surface area contributed by atoms with Crippen molar-refractivity contribution in [2.45, 2.75) is 12.8 Å². The van der Waals surface area contributed by atoms with Crippen molar-refractivity contribution >= 4 is 24.2 Å². The summed E-state index contributed by atoms with van der Waals surface area (Å²) < 4.78 is 0. The van der Waals surface area contributed by atoms with Gasteiger partial charge in [0.15, 0.2) is 0 Å². The van der Waals surface area contributed by atoms with Crippen molar-refractivity contribution in [1.82, 2.24) is 15.5 Å². The Bertz CT molecular complexity index is 474. The van der Waals surface area contributed by atoms with Gasteiger partial charge in [0, 0.05) is 18.7 Å². The number of hydrogen-bond acceptors (Lipinski definition) is 3. The fourth-order valence-electron chi connectivity index (χ4n) is 2.63. The van der Waals surface area contributed by atoms with Crippen LogP contribution >= 0.6 is 12.4 Å². The van der Waals surface area contributed by atoms with Crippen LogP contribution in [0.3, 0.4) is 0 Å². The van der Waals surface area contributed by atoms with E-state index < -0.39 is 0 Å². The molecule has 1 aromatic carbocycles. The maximum Gasteiger partial charge on any atom is 0.251 e. The third kappa shape index (κ3) is 5.31. The van der Waals surface area contributed by atoms with Crippen molar-refractivity contribution in [2.24, 2.45) is 5.92 Å². The van der Waals surface area contributed by atoms with Gasteiger partial charge < -0.3 is 15.5 Å². The maximum atomic E-state index is 12.1. The van der Waals surface area contributed by atoms with Crippen LogP contribution in [0.2, 0.25) is 0 Å². The number of hydrogen-bond donors (Lipinski definition) is 2. The zero-order chi connectivity index (χ0) is 15.1. The second-order valence-electron chi connectivity index (χ2n) is 5.43. The summed E-state index contributed by atoms with van der Waals surface area (Å²) in [6.07, 6.45) is 2.05. The molecule has 1 heterocycles. The van der Waals surface area contributed by atoms with Crippen LogP contribution in [-0.4, -0.2) is 49.9 Å². The molecule has 0 spiro atoms. The predicted molar refractivity (Wildman–Crippen MR) is 89.3 cm³/mol. The van der Waals surface area contributed by atoms with Gasteiger partial charge in [-0.25, -0.2) is 0 Å². The molecule has 0 unspecified atom stereocenters. The van der Waals surface area contributed by atoms with Gasteiger partial charge in [-0.3, -0.25) is 9.59 Å². The Kier molecular flexibility index (Phi) is 7.91. The van der Waals surface area contributed by atoms with Crippen LogP contribution in [0.5, 0.6) is 0 Å². The average Bonchev–Trinajstić information content (AvgIpc) is 2.54. The summed E-state index contributed by atoms with van der Waals surface area (Å²) in [5.41, 5.74) is 0.582. The molecule has 0 radical (unpaired) electrons.